The second-order valence-electron chi connectivity index (χ2n) is 8.76. The monoisotopic (exact) mass is 362 g/mol. The first-order valence-corrected chi connectivity index (χ1v) is 9.01. The number of rotatable bonds is 2. The number of halogens is 1. The smallest absolute Gasteiger partial charge is 0.253 e. The average Bonchev–Trinajstić information content (AvgIpc) is 2.33. The second-order valence-corrected chi connectivity index (χ2v) is 9.67. The predicted octanol–water partition coefficient (Wildman–Crippen LogP) is 4.32. The fourth-order valence-corrected chi connectivity index (χ4v) is 6.80. The summed E-state index contributed by atoms with van der Waals surface area (Å²) < 4.78 is 0.851. The van der Waals surface area contributed by atoms with Gasteiger partial charge in [-0.05, 0) is 77.3 Å². The molecule has 1 heterocycles. The summed E-state index contributed by atoms with van der Waals surface area (Å²) in [6, 6.07) is 1.85. The summed E-state index contributed by atoms with van der Waals surface area (Å²) in [6.45, 7) is 4.86. The molecular formula is C18H23BrN2O. The molecule has 0 aliphatic heterocycles. The highest BCUT2D eigenvalue weighted by molar-refractivity contribution is 9.10. The Balaban J connectivity index is 1.61. The molecule has 1 N–H and O–H groups in total. The standard InChI is InChI=1S/C18H23BrN2O/c1-16-4-12-5-17(2,9-16)11-18(6-12,10-16)21-15(22)13-3-14(19)8-20-7-13/h3,7-8,12H,4-6,9-11H2,1-2H3,(H,21,22)/t12?,16-,17-,18?/m1/s1. The van der Waals surface area contributed by atoms with Crippen molar-refractivity contribution < 1.29 is 4.79 Å². The Kier molecular flexibility index (Phi) is 3.04. The van der Waals surface area contributed by atoms with Crippen LogP contribution in [0.25, 0.3) is 0 Å². The van der Waals surface area contributed by atoms with Gasteiger partial charge in [0.2, 0.25) is 0 Å². The highest BCUT2D eigenvalue weighted by atomic mass is 79.9. The molecule has 3 nitrogen and oxygen atoms in total. The Morgan fingerprint density at radius 1 is 1.18 bits per heavy atom. The first-order chi connectivity index (χ1) is 10.3. The van der Waals surface area contributed by atoms with Crippen molar-refractivity contribution in [1.82, 2.24) is 10.3 Å². The molecule has 5 rings (SSSR count). The number of hydrogen-bond acceptors (Lipinski definition) is 2. The van der Waals surface area contributed by atoms with E-state index in [0.717, 1.165) is 29.7 Å². The minimum atomic E-state index is 0.00230. The Morgan fingerprint density at radius 3 is 2.45 bits per heavy atom. The predicted molar refractivity (Wildman–Crippen MR) is 89.5 cm³/mol. The third-order valence-electron chi connectivity index (χ3n) is 5.97. The molecule has 118 valence electrons. The van der Waals surface area contributed by atoms with Gasteiger partial charge in [-0.3, -0.25) is 9.78 Å². The molecule has 4 heteroatoms. The van der Waals surface area contributed by atoms with E-state index in [1.807, 2.05) is 6.07 Å². The maximum absolute atomic E-state index is 12.7. The van der Waals surface area contributed by atoms with Gasteiger partial charge in [-0.2, -0.15) is 0 Å². The number of carbonyl (C=O) groups excluding carboxylic acids is 1. The van der Waals surface area contributed by atoms with Gasteiger partial charge >= 0.3 is 0 Å². The number of carbonyl (C=O) groups is 1. The van der Waals surface area contributed by atoms with Crippen LogP contribution in [0, 0.1) is 16.7 Å². The lowest BCUT2D eigenvalue weighted by molar-refractivity contribution is -0.114. The quantitative estimate of drug-likeness (QED) is 0.850. The van der Waals surface area contributed by atoms with E-state index in [9.17, 15) is 4.79 Å². The molecule has 4 aliphatic rings. The number of amides is 1. The minimum Gasteiger partial charge on any atom is -0.347 e. The van der Waals surface area contributed by atoms with Gasteiger partial charge in [0.05, 0.1) is 5.56 Å². The number of hydrogen-bond donors (Lipinski definition) is 1. The largest absolute Gasteiger partial charge is 0.347 e. The molecular weight excluding hydrogens is 340 g/mol. The lowest BCUT2D eigenvalue weighted by atomic mass is 9.43. The molecule has 0 spiro atoms. The van der Waals surface area contributed by atoms with Crippen molar-refractivity contribution in [1.29, 1.82) is 0 Å². The van der Waals surface area contributed by atoms with E-state index in [1.54, 1.807) is 12.4 Å². The molecule has 2 atom stereocenters. The van der Waals surface area contributed by atoms with Crippen LogP contribution in [0.3, 0.4) is 0 Å². The summed E-state index contributed by atoms with van der Waals surface area (Å²) in [5.41, 5.74) is 1.48. The zero-order valence-electron chi connectivity index (χ0n) is 13.3. The number of pyridine rings is 1. The van der Waals surface area contributed by atoms with E-state index in [1.165, 1.54) is 19.3 Å². The lowest BCUT2D eigenvalue weighted by Gasteiger charge is -2.65. The molecule has 0 aromatic carbocycles. The number of nitrogens with one attached hydrogen (secondary N) is 1. The van der Waals surface area contributed by atoms with Crippen LogP contribution in [-0.2, 0) is 0 Å². The van der Waals surface area contributed by atoms with Crippen LogP contribution >= 0.6 is 15.9 Å². The third-order valence-corrected chi connectivity index (χ3v) is 6.41. The van der Waals surface area contributed by atoms with Crippen molar-refractivity contribution in [2.45, 2.75) is 57.9 Å². The molecule has 0 unspecified atom stereocenters. The minimum absolute atomic E-state index is 0.00230. The highest BCUT2D eigenvalue weighted by Gasteiger charge is 2.60. The molecule has 0 saturated heterocycles. The van der Waals surface area contributed by atoms with Crippen molar-refractivity contribution in [2.75, 3.05) is 0 Å². The molecule has 4 saturated carbocycles. The molecule has 0 radical (unpaired) electrons. The van der Waals surface area contributed by atoms with Gasteiger partial charge in [0, 0.05) is 22.4 Å². The van der Waals surface area contributed by atoms with E-state index in [-0.39, 0.29) is 11.4 Å². The maximum atomic E-state index is 12.7. The van der Waals surface area contributed by atoms with Crippen LogP contribution in [0.1, 0.15) is 62.7 Å². The van der Waals surface area contributed by atoms with E-state index in [2.05, 4.69) is 40.1 Å². The first kappa shape index (κ1) is 14.7. The van der Waals surface area contributed by atoms with Crippen molar-refractivity contribution in [3.8, 4) is 0 Å². The van der Waals surface area contributed by atoms with Crippen molar-refractivity contribution in [3.63, 3.8) is 0 Å². The van der Waals surface area contributed by atoms with E-state index >= 15 is 0 Å². The van der Waals surface area contributed by atoms with Gasteiger partial charge in [0.15, 0.2) is 0 Å². The summed E-state index contributed by atoms with van der Waals surface area (Å²) in [6.07, 6.45) is 10.8. The van der Waals surface area contributed by atoms with E-state index in [0.29, 0.717) is 16.4 Å². The molecule has 4 aliphatic carbocycles. The van der Waals surface area contributed by atoms with Crippen molar-refractivity contribution in [2.24, 2.45) is 16.7 Å². The molecule has 4 bridgehead atoms. The van der Waals surface area contributed by atoms with Crippen molar-refractivity contribution in [3.05, 3.63) is 28.5 Å². The second kappa shape index (κ2) is 4.56. The van der Waals surface area contributed by atoms with Crippen LogP contribution in [0.4, 0.5) is 0 Å². The van der Waals surface area contributed by atoms with Crippen LogP contribution in [-0.4, -0.2) is 16.4 Å². The summed E-state index contributed by atoms with van der Waals surface area (Å²) >= 11 is 3.40. The van der Waals surface area contributed by atoms with Gasteiger partial charge in [-0.15, -0.1) is 0 Å². The average molecular weight is 363 g/mol. The summed E-state index contributed by atoms with van der Waals surface area (Å²) in [7, 11) is 0. The van der Waals surface area contributed by atoms with E-state index in [4.69, 9.17) is 0 Å². The van der Waals surface area contributed by atoms with Gasteiger partial charge in [0.25, 0.3) is 5.91 Å². The molecule has 22 heavy (non-hydrogen) atoms. The number of aromatic nitrogens is 1. The Bertz CT molecular complexity index is 626. The van der Waals surface area contributed by atoms with Crippen LogP contribution in [0.5, 0.6) is 0 Å². The summed E-state index contributed by atoms with van der Waals surface area (Å²) in [5, 5.41) is 3.42. The Morgan fingerprint density at radius 2 is 1.86 bits per heavy atom. The first-order valence-electron chi connectivity index (χ1n) is 8.22. The van der Waals surface area contributed by atoms with Crippen molar-refractivity contribution >= 4 is 21.8 Å². The number of nitrogens with zero attached hydrogens (tertiary/aromatic N) is 1. The van der Waals surface area contributed by atoms with E-state index < -0.39 is 0 Å². The molecule has 1 amide bonds. The van der Waals surface area contributed by atoms with Gasteiger partial charge < -0.3 is 5.32 Å². The zero-order valence-corrected chi connectivity index (χ0v) is 14.9. The molecule has 1 aromatic heterocycles. The Hall–Kier alpha value is -0.900. The maximum Gasteiger partial charge on any atom is 0.253 e. The summed E-state index contributed by atoms with van der Waals surface area (Å²) in [4.78, 5) is 16.8. The molecule has 4 fully saturated rings. The fourth-order valence-electron chi connectivity index (χ4n) is 6.44. The van der Waals surface area contributed by atoms with Gasteiger partial charge in [-0.25, -0.2) is 0 Å². The lowest BCUT2D eigenvalue weighted by Crippen LogP contribution is -2.65. The van der Waals surface area contributed by atoms with Crippen LogP contribution < -0.4 is 5.32 Å². The van der Waals surface area contributed by atoms with Gasteiger partial charge in [0.1, 0.15) is 0 Å². The SMILES string of the molecule is C[C@]12CC3CC(NC(=O)c4cncc(Br)c4)(C1)C[C@](C)(C3)C2. The third kappa shape index (κ3) is 2.40. The fraction of sp³-hybridized carbons (Fsp3) is 0.667. The zero-order chi connectivity index (χ0) is 15.6. The normalized spacial score (nSPS) is 42.4. The van der Waals surface area contributed by atoms with Crippen LogP contribution in [0.2, 0.25) is 0 Å². The molecule has 1 aromatic rings. The Labute approximate surface area is 140 Å². The van der Waals surface area contributed by atoms with Gasteiger partial charge in [-0.1, -0.05) is 13.8 Å². The topological polar surface area (TPSA) is 42.0 Å². The highest BCUT2D eigenvalue weighted by Crippen LogP contribution is 2.66. The summed E-state index contributed by atoms with van der Waals surface area (Å²) in [5.74, 6) is 0.815. The van der Waals surface area contributed by atoms with Crippen LogP contribution in [0.15, 0.2) is 22.9 Å².